The zero-order valence-electron chi connectivity index (χ0n) is 9.97. The molecule has 0 aliphatic carbocycles. The Hall–Kier alpha value is -1.00. The molecule has 2 rings (SSSR count). The Kier molecular flexibility index (Phi) is 5.08. The van der Waals surface area contributed by atoms with Crippen molar-refractivity contribution >= 4 is 33.4 Å². The monoisotopic (exact) mass is 322 g/mol. The molecule has 1 heterocycles. The van der Waals surface area contributed by atoms with Crippen LogP contribution in [0.5, 0.6) is 0 Å². The summed E-state index contributed by atoms with van der Waals surface area (Å²) in [5, 5.41) is 1.06. The van der Waals surface area contributed by atoms with Crippen LogP contribution >= 0.6 is 27.7 Å². The summed E-state index contributed by atoms with van der Waals surface area (Å²) in [5.74, 6) is 1.06. The third-order valence-electron chi connectivity index (χ3n) is 2.52. The molecule has 0 radical (unpaired) electrons. The average molecular weight is 323 g/mol. The van der Waals surface area contributed by atoms with Crippen molar-refractivity contribution in [2.24, 2.45) is 0 Å². The number of pyridine rings is 1. The molecule has 0 saturated heterocycles. The molecule has 0 unspecified atom stereocenters. The summed E-state index contributed by atoms with van der Waals surface area (Å²) in [4.78, 5) is 4.33. The predicted molar refractivity (Wildman–Crippen MR) is 81.8 cm³/mol. The third kappa shape index (κ3) is 4.03. The van der Waals surface area contributed by atoms with Crippen LogP contribution < -0.4 is 5.73 Å². The fourth-order valence-electron chi connectivity index (χ4n) is 1.67. The van der Waals surface area contributed by atoms with Crippen molar-refractivity contribution in [2.45, 2.75) is 17.9 Å². The zero-order valence-corrected chi connectivity index (χ0v) is 12.4. The first kappa shape index (κ1) is 13.4. The van der Waals surface area contributed by atoms with Crippen LogP contribution in [0.3, 0.4) is 0 Å². The zero-order chi connectivity index (χ0) is 12.8. The van der Waals surface area contributed by atoms with Crippen molar-refractivity contribution in [1.29, 1.82) is 0 Å². The highest BCUT2D eigenvalue weighted by molar-refractivity contribution is 9.10. The lowest BCUT2D eigenvalue weighted by Gasteiger charge is -2.04. The van der Waals surface area contributed by atoms with Gasteiger partial charge in [0.1, 0.15) is 5.03 Å². The molecule has 2 N–H and O–H groups in total. The number of nitrogens with zero attached hydrogens (tertiary/aromatic N) is 1. The molecule has 1 aromatic carbocycles. The summed E-state index contributed by atoms with van der Waals surface area (Å²) < 4.78 is 1.07. The van der Waals surface area contributed by atoms with Gasteiger partial charge < -0.3 is 5.73 Å². The largest absolute Gasteiger partial charge is 0.399 e. The Morgan fingerprint density at radius 3 is 2.89 bits per heavy atom. The fourth-order valence-corrected chi connectivity index (χ4v) is 3.09. The Labute approximate surface area is 120 Å². The number of aryl methyl sites for hydroxylation is 1. The first-order chi connectivity index (χ1) is 8.75. The van der Waals surface area contributed by atoms with E-state index in [4.69, 9.17) is 5.73 Å². The Morgan fingerprint density at radius 2 is 2.11 bits per heavy atom. The van der Waals surface area contributed by atoms with Crippen LogP contribution in [0.4, 0.5) is 5.69 Å². The third-order valence-corrected chi connectivity index (χ3v) is 4.52. The number of nitrogen functional groups attached to an aromatic ring is 1. The van der Waals surface area contributed by atoms with Crippen LogP contribution in [-0.4, -0.2) is 10.7 Å². The van der Waals surface area contributed by atoms with Gasteiger partial charge in [-0.1, -0.05) is 12.1 Å². The van der Waals surface area contributed by atoms with E-state index in [1.54, 1.807) is 11.8 Å². The standard InChI is InChI=1S/C14H15BrN2S/c15-13-7-2-8-17-14(13)18-9-3-5-11-4-1-6-12(16)10-11/h1-2,4,6-8,10H,3,5,9,16H2. The van der Waals surface area contributed by atoms with Crippen molar-refractivity contribution in [3.63, 3.8) is 0 Å². The first-order valence-corrected chi connectivity index (χ1v) is 7.61. The summed E-state index contributed by atoms with van der Waals surface area (Å²) in [6.45, 7) is 0. The van der Waals surface area contributed by atoms with Crippen molar-refractivity contribution < 1.29 is 0 Å². The summed E-state index contributed by atoms with van der Waals surface area (Å²) in [6, 6.07) is 12.0. The van der Waals surface area contributed by atoms with Gasteiger partial charge in [-0.2, -0.15) is 0 Å². The molecule has 2 aromatic rings. The molecule has 0 spiro atoms. The molecular formula is C14H15BrN2S. The Bertz CT molecular complexity index is 517. The van der Waals surface area contributed by atoms with Crippen LogP contribution in [0.25, 0.3) is 0 Å². The van der Waals surface area contributed by atoms with Gasteiger partial charge in [0.15, 0.2) is 0 Å². The molecule has 0 bridgehead atoms. The van der Waals surface area contributed by atoms with Crippen LogP contribution in [0.2, 0.25) is 0 Å². The van der Waals surface area contributed by atoms with E-state index in [2.05, 4.69) is 27.0 Å². The van der Waals surface area contributed by atoms with Gasteiger partial charge in [0.05, 0.1) is 0 Å². The molecule has 0 atom stereocenters. The average Bonchev–Trinajstić information content (AvgIpc) is 2.37. The molecule has 94 valence electrons. The fraction of sp³-hybridized carbons (Fsp3) is 0.214. The van der Waals surface area contributed by atoms with Gasteiger partial charge in [0, 0.05) is 16.4 Å². The minimum Gasteiger partial charge on any atom is -0.399 e. The number of halogens is 1. The molecule has 0 fully saturated rings. The number of rotatable bonds is 5. The van der Waals surface area contributed by atoms with Gasteiger partial charge in [0.25, 0.3) is 0 Å². The van der Waals surface area contributed by atoms with Crippen molar-refractivity contribution in [1.82, 2.24) is 4.98 Å². The van der Waals surface area contributed by atoms with Gasteiger partial charge >= 0.3 is 0 Å². The SMILES string of the molecule is Nc1cccc(CCCSc2ncccc2Br)c1. The van der Waals surface area contributed by atoms with Gasteiger partial charge in [-0.3, -0.25) is 0 Å². The Morgan fingerprint density at radius 1 is 1.22 bits per heavy atom. The summed E-state index contributed by atoms with van der Waals surface area (Å²) in [5.41, 5.74) is 7.89. The molecule has 0 aliphatic rings. The normalized spacial score (nSPS) is 10.5. The quantitative estimate of drug-likeness (QED) is 0.510. The van der Waals surface area contributed by atoms with Gasteiger partial charge in [-0.25, -0.2) is 4.98 Å². The molecule has 2 nitrogen and oxygen atoms in total. The Balaban J connectivity index is 1.78. The highest BCUT2D eigenvalue weighted by Crippen LogP contribution is 2.25. The first-order valence-electron chi connectivity index (χ1n) is 5.83. The summed E-state index contributed by atoms with van der Waals surface area (Å²) in [6.07, 6.45) is 4.00. The molecule has 0 saturated carbocycles. The molecule has 18 heavy (non-hydrogen) atoms. The lowest BCUT2D eigenvalue weighted by atomic mass is 10.1. The highest BCUT2D eigenvalue weighted by Gasteiger charge is 2.01. The number of thioether (sulfide) groups is 1. The topological polar surface area (TPSA) is 38.9 Å². The van der Waals surface area contributed by atoms with Crippen LogP contribution in [0.1, 0.15) is 12.0 Å². The number of anilines is 1. The number of hydrogen-bond acceptors (Lipinski definition) is 3. The lowest BCUT2D eigenvalue weighted by molar-refractivity contribution is 0.930. The highest BCUT2D eigenvalue weighted by atomic mass is 79.9. The van der Waals surface area contributed by atoms with Crippen molar-refractivity contribution in [3.8, 4) is 0 Å². The molecule has 4 heteroatoms. The van der Waals surface area contributed by atoms with Crippen molar-refractivity contribution in [2.75, 3.05) is 11.5 Å². The van der Waals surface area contributed by atoms with E-state index in [0.717, 1.165) is 33.8 Å². The molecular weight excluding hydrogens is 308 g/mol. The number of nitrogens with two attached hydrogens (primary N) is 1. The molecule has 0 amide bonds. The van der Waals surface area contributed by atoms with Crippen LogP contribution in [-0.2, 0) is 6.42 Å². The second kappa shape index (κ2) is 6.81. The maximum absolute atomic E-state index is 5.75. The van der Waals surface area contributed by atoms with Gasteiger partial charge in [-0.15, -0.1) is 11.8 Å². The van der Waals surface area contributed by atoms with E-state index in [-0.39, 0.29) is 0 Å². The number of aromatic nitrogens is 1. The van der Waals surface area contributed by atoms with E-state index in [1.807, 2.05) is 36.5 Å². The minimum atomic E-state index is 0.840. The van der Waals surface area contributed by atoms with Gasteiger partial charge in [-0.05, 0) is 64.4 Å². The minimum absolute atomic E-state index is 0.840. The maximum atomic E-state index is 5.75. The number of hydrogen-bond donors (Lipinski definition) is 1. The second-order valence-corrected chi connectivity index (χ2v) is 5.93. The predicted octanol–water partition coefficient (Wildman–Crippen LogP) is 4.15. The van der Waals surface area contributed by atoms with E-state index < -0.39 is 0 Å². The van der Waals surface area contributed by atoms with Gasteiger partial charge in [0.2, 0.25) is 0 Å². The summed E-state index contributed by atoms with van der Waals surface area (Å²) in [7, 11) is 0. The van der Waals surface area contributed by atoms with E-state index in [9.17, 15) is 0 Å². The van der Waals surface area contributed by atoms with E-state index >= 15 is 0 Å². The van der Waals surface area contributed by atoms with Crippen LogP contribution in [0.15, 0.2) is 52.1 Å². The number of benzene rings is 1. The smallest absolute Gasteiger partial charge is 0.110 e. The summed E-state index contributed by atoms with van der Waals surface area (Å²) >= 11 is 5.28. The second-order valence-electron chi connectivity index (χ2n) is 3.99. The van der Waals surface area contributed by atoms with E-state index in [1.165, 1.54) is 5.56 Å². The van der Waals surface area contributed by atoms with E-state index in [0.29, 0.717) is 0 Å². The molecule has 0 aliphatic heterocycles. The van der Waals surface area contributed by atoms with Crippen molar-refractivity contribution in [3.05, 3.63) is 52.6 Å². The van der Waals surface area contributed by atoms with Crippen LogP contribution in [0, 0.1) is 0 Å². The maximum Gasteiger partial charge on any atom is 0.110 e. The lowest BCUT2D eigenvalue weighted by Crippen LogP contribution is -1.91. The molecule has 1 aromatic heterocycles.